The molecular weight excluding hydrogens is 454 g/mol. The summed E-state index contributed by atoms with van der Waals surface area (Å²) in [6, 6.07) is 3.35. The van der Waals surface area contributed by atoms with Crippen molar-refractivity contribution < 1.29 is 37.5 Å². The minimum absolute atomic E-state index is 0.0405. The van der Waals surface area contributed by atoms with Gasteiger partial charge < -0.3 is 14.6 Å². The van der Waals surface area contributed by atoms with Crippen molar-refractivity contribution in [3.63, 3.8) is 0 Å². The summed E-state index contributed by atoms with van der Waals surface area (Å²) in [7, 11) is -3.43. The molecule has 1 fully saturated rings. The molecule has 2 atom stereocenters. The molecule has 3 rings (SSSR count). The number of hydrogen-bond acceptors (Lipinski definition) is 8. The Bertz CT molecular complexity index is 1070. The number of hydrogen-bond donors (Lipinski definition) is 2. The van der Waals surface area contributed by atoms with E-state index in [1.807, 2.05) is 0 Å². The number of amides is 5. The summed E-state index contributed by atoms with van der Waals surface area (Å²) in [6.45, 7) is 3.64. The fraction of sp³-hybridized carbons (Fsp3) is 0.381. The van der Waals surface area contributed by atoms with Crippen LogP contribution in [0.4, 0.5) is 0 Å². The minimum atomic E-state index is -3.43. The normalized spacial score (nSPS) is 19.5. The van der Waals surface area contributed by atoms with E-state index in [0.717, 1.165) is 10.3 Å². The van der Waals surface area contributed by atoms with E-state index in [1.165, 1.54) is 18.2 Å². The maximum atomic E-state index is 12.8. The van der Waals surface area contributed by atoms with Gasteiger partial charge in [0.15, 0.2) is 0 Å². The summed E-state index contributed by atoms with van der Waals surface area (Å²) >= 11 is 0. The second kappa shape index (κ2) is 10.0. The maximum Gasteiger partial charge on any atom is 0.262 e. The molecule has 176 valence electrons. The topological polar surface area (TPSA) is 162 Å². The molecule has 0 aromatic heterocycles. The number of nitrogens with one attached hydrogen (secondary N) is 2. The molecule has 5 amide bonds. The Labute approximate surface area is 190 Å². The molecule has 2 unspecified atom stereocenters. The highest BCUT2D eigenvalue weighted by Gasteiger charge is 2.44. The van der Waals surface area contributed by atoms with E-state index in [9.17, 15) is 32.7 Å². The van der Waals surface area contributed by atoms with E-state index < -0.39 is 45.8 Å². The molecule has 0 radical (unpaired) electrons. The molecule has 0 bridgehead atoms. The molecule has 2 N–H and O–H groups in total. The number of rotatable bonds is 10. The second-order valence-corrected chi connectivity index (χ2v) is 9.56. The van der Waals surface area contributed by atoms with Gasteiger partial charge in [0.25, 0.3) is 11.8 Å². The Hall–Kier alpha value is -3.38. The van der Waals surface area contributed by atoms with Crippen LogP contribution in [0.1, 0.15) is 46.4 Å². The van der Waals surface area contributed by atoms with Gasteiger partial charge in [0, 0.05) is 13.0 Å². The number of sulfone groups is 1. The van der Waals surface area contributed by atoms with Crippen molar-refractivity contribution in [3.05, 3.63) is 41.3 Å². The van der Waals surface area contributed by atoms with E-state index in [4.69, 9.17) is 4.74 Å². The van der Waals surface area contributed by atoms with Gasteiger partial charge in [0.2, 0.25) is 17.7 Å². The fourth-order valence-corrected chi connectivity index (χ4v) is 4.07. The van der Waals surface area contributed by atoms with Gasteiger partial charge in [-0.1, -0.05) is 6.58 Å². The van der Waals surface area contributed by atoms with Gasteiger partial charge in [-0.25, -0.2) is 0 Å². The number of imide groups is 2. The Morgan fingerprint density at radius 3 is 2.70 bits per heavy atom. The standard InChI is InChI=1S/C21H23N3O8S/c1-2-33(30,31)11-8-17(25)22-9-3-10-32-13-4-5-14-15(12-13)21(29)24(20(14)28)16-6-7-18(26)23-19(16)27/h2,4-5,12,16H,1,3,6-11H2,(H2-,22,23,25,26,27,30,31). The first-order valence-electron chi connectivity index (χ1n) is 10.2. The Balaban J connectivity index is 1.50. The molecular formula is C21H23N3O8S. The van der Waals surface area contributed by atoms with E-state index >= 15 is 0 Å². The highest BCUT2D eigenvalue weighted by Crippen LogP contribution is 2.30. The Morgan fingerprint density at radius 1 is 1.27 bits per heavy atom. The van der Waals surface area contributed by atoms with Crippen molar-refractivity contribution in [2.45, 2.75) is 31.7 Å². The predicted octanol–water partition coefficient (Wildman–Crippen LogP) is 0.136. The van der Waals surface area contributed by atoms with Crippen LogP contribution in [-0.2, 0) is 28.8 Å². The van der Waals surface area contributed by atoms with Gasteiger partial charge in [0.05, 0.1) is 34.4 Å². The van der Waals surface area contributed by atoms with Gasteiger partial charge >= 0.3 is 0 Å². The third-order valence-electron chi connectivity index (χ3n) is 5.19. The summed E-state index contributed by atoms with van der Waals surface area (Å²) < 4.78 is 28.2. The first-order valence-corrected chi connectivity index (χ1v) is 11.9. The van der Waals surface area contributed by atoms with Crippen LogP contribution in [0.15, 0.2) is 30.2 Å². The summed E-state index contributed by atoms with van der Waals surface area (Å²) in [4.78, 5) is 61.4. The van der Waals surface area contributed by atoms with Gasteiger partial charge in [-0.15, -0.1) is 4.21 Å². The monoisotopic (exact) mass is 477 g/mol. The molecule has 0 spiro atoms. The number of piperidine rings is 1. The number of carbonyl (C=O) groups is 5. The molecule has 1 saturated heterocycles. The number of benzene rings is 1. The maximum absolute atomic E-state index is 12.8. The average Bonchev–Trinajstić information content (AvgIpc) is 3.02. The molecule has 2 heterocycles. The third kappa shape index (κ3) is 5.71. The first kappa shape index (κ1) is 24.3. The molecule has 0 aliphatic carbocycles. The smallest absolute Gasteiger partial charge is 0.262 e. The number of nitrogens with zero attached hydrogens (tertiary/aromatic N) is 1. The van der Waals surface area contributed by atoms with Gasteiger partial charge in [-0.3, -0.25) is 34.2 Å². The van der Waals surface area contributed by atoms with E-state index in [2.05, 4.69) is 17.2 Å². The number of carbonyl (C=O) groups excluding carboxylic acids is 5. The van der Waals surface area contributed by atoms with Crippen molar-refractivity contribution in [3.8, 4) is 5.75 Å². The minimum Gasteiger partial charge on any atom is -0.611 e. The van der Waals surface area contributed by atoms with E-state index in [0.29, 0.717) is 12.2 Å². The molecule has 2 aliphatic heterocycles. The van der Waals surface area contributed by atoms with Crippen molar-refractivity contribution >= 4 is 39.7 Å². The van der Waals surface area contributed by atoms with Crippen LogP contribution in [0.2, 0.25) is 0 Å². The summed E-state index contributed by atoms with van der Waals surface area (Å²) in [5.41, 5.74) is 0.262. The zero-order valence-corrected chi connectivity index (χ0v) is 18.5. The van der Waals surface area contributed by atoms with Crippen LogP contribution in [0.5, 0.6) is 5.75 Å². The quantitative estimate of drug-likeness (QED) is 0.273. The van der Waals surface area contributed by atoms with Gasteiger partial charge in [-0.05, 0) is 31.0 Å². The Morgan fingerprint density at radius 2 is 2.00 bits per heavy atom. The van der Waals surface area contributed by atoms with Crippen LogP contribution in [0, 0.1) is 0 Å². The Kier molecular flexibility index (Phi) is 7.39. The van der Waals surface area contributed by atoms with E-state index in [-0.39, 0.29) is 49.3 Å². The first-order chi connectivity index (χ1) is 15.6. The lowest BCUT2D eigenvalue weighted by Gasteiger charge is -2.27. The van der Waals surface area contributed by atoms with Gasteiger partial charge in [0.1, 0.15) is 23.0 Å². The van der Waals surface area contributed by atoms with Crippen LogP contribution in [-0.4, -0.2) is 63.9 Å². The lowest BCUT2D eigenvalue weighted by atomic mass is 10.0. The van der Waals surface area contributed by atoms with Crippen molar-refractivity contribution in [2.75, 3.05) is 18.9 Å². The van der Waals surface area contributed by atoms with Crippen LogP contribution >= 0.6 is 0 Å². The molecule has 2 aliphatic rings. The van der Waals surface area contributed by atoms with Crippen molar-refractivity contribution in [1.82, 2.24) is 15.5 Å². The summed E-state index contributed by atoms with van der Waals surface area (Å²) in [5.74, 6) is -2.73. The van der Waals surface area contributed by atoms with Gasteiger partial charge in [-0.2, -0.15) is 0 Å². The second-order valence-electron chi connectivity index (χ2n) is 7.49. The molecule has 1 aromatic rings. The van der Waals surface area contributed by atoms with E-state index in [1.54, 1.807) is 0 Å². The molecule has 12 heteroatoms. The van der Waals surface area contributed by atoms with Crippen molar-refractivity contribution in [2.24, 2.45) is 0 Å². The zero-order valence-electron chi connectivity index (χ0n) is 17.7. The SMILES string of the molecule is C=C[S+](=O)([O-])CCC(=O)NCCCOc1ccc2c(c1)C(=O)N(C1CCC(=O)NC1=O)C2=O. The van der Waals surface area contributed by atoms with Crippen LogP contribution in [0.25, 0.3) is 0 Å². The lowest BCUT2D eigenvalue weighted by molar-refractivity contribution is -0.136. The molecule has 11 nitrogen and oxygen atoms in total. The lowest BCUT2D eigenvalue weighted by Crippen LogP contribution is -2.54. The summed E-state index contributed by atoms with van der Waals surface area (Å²) in [6.07, 6.45) is 0.371. The van der Waals surface area contributed by atoms with Crippen LogP contribution < -0.4 is 15.4 Å². The summed E-state index contributed by atoms with van der Waals surface area (Å²) in [5, 5.41) is 5.54. The number of fused-ring (bicyclic) bond motifs is 1. The van der Waals surface area contributed by atoms with Crippen LogP contribution in [0.3, 0.4) is 0 Å². The zero-order chi connectivity index (χ0) is 24.2. The fourth-order valence-electron chi connectivity index (χ4n) is 3.44. The largest absolute Gasteiger partial charge is 0.611 e. The highest BCUT2D eigenvalue weighted by molar-refractivity contribution is 8.00. The third-order valence-corrected chi connectivity index (χ3v) is 6.47. The number of ether oxygens (including phenoxy) is 1. The molecule has 1 aromatic carbocycles. The van der Waals surface area contributed by atoms with Crippen molar-refractivity contribution in [1.29, 1.82) is 0 Å². The predicted molar refractivity (Wildman–Crippen MR) is 115 cm³/mol. The average molecular weight is 477 g/mol. The molecule has 0 saturated carbocycles. The highest BCUT2D eigenvalue weighted by atomic mass is 32.3. The molecule has 33 heavy (non-hydrogen) atoms.